The van der Waals surface area contributed by atoms with Crippen LogP contribution in [0.4, 0.5) is 11.4 Å². The van der Waals surface area contributed by atoms with Crippen LogP contribution in [-0.2, 0) is 22.5 Å². The average molecular weight is 589 g/mol. The highest BCUT2D eigenvalue weighted by molar-refractivity contribution is 6.01. The van der Waals surface area contributed by atoms with E-state index in [1.165, 1.54) is 13.5 Å². The Morgan fingerprint density at radius 2 is 1.34 bits per heavy atom. The van der Waals surface area contributed by atoms with E-state index in [4.69, 9.17) is 4.74 Å². The normalized spacial score (nSPS) is 13.2. The first-order valence-corrected chi connectivity index (χ1v) is 15.3. The van der Waals surface area contributed by atoms with Gasteiger partial charge in [-0.1, -0.05) is 79.9 Å². The molecule has 1 aliphatic carbocycles. The van der Waals surface area contributed by atoms with Crippen molar-refractivity contribution in [3.8, 4) is 11.1 Å². The quantitative estimate of drug-likeness (QED) is 0.140. The van der Waals surface area contributed by atoms with Gasteiger partial charge in [-0.05, 0) is 71.5 Å². The molecule has 1 aliphatic rings. The minimum absolute atomic E-state index is 0.0151. The fraction of sp³-hybridized carbons (Fsp3) is 0.289. The summed E-state index contributed by atoms with van der Waals surface area (Å²) in [5.74, 6) is -0.418. The average Bonchev–Trinajstić information content (AvgIpc) is 3.07. The number of carbonyl (C=O) groups is 3. The van der Waals surface area contributed by atoms with Crippen molar-refractivity contribution in [2.75, 3.05) is 31.0 Å². The van der Waals surface area contributed by atoms with Gasteiger partial charge in [0.05, 0.1) is 19.2 Å². The Morgan fingerprint density at radius 3 is 2.00 bits per heavy atom. The maximum atomic E-state index is 14.0. The van der Waals surface area contributed by atoms with E-state index in [2.05, 4.69) is 53.4 Å². The summed E-state index contributed by atoms with van der Waals surface area (Å²) in [6, 6.07) is 31.1. The van der Waals surface area contributed by atoms with E-state index in [-0.39, 0.29) is 24.0 Å². The molecule has 6 nitrogen and oxygen atoms in total. The van der Waals surface area contributed by atoms with Crippen LogP contribution in [0.5, 0.6) is 0 Å². The molecule has 0 unspecified atom stereocenters. The van der Waals surface area contributed by atoms with Crippen LogP contribution in [0.3, 0.4) is 0 Å². The van der Waals surface area contributed by atoms with Gasteiger partial charge in [-0.3, -0.25) is 9.59 Å². The van der Waals surface area contributed by atoms with Crippen LogP contribution < -0.4 is 9.80 Å². The first-order chi connectivity index (χ1) is 21.3. The second-order valence-electron chi connectivity index (χ2n) is 11.7. The third-order valence-electron chi connectivity index (χ3n) is 8.42. The minimum atomic E-state index is -0.437. The molecule has 0 radical (unpaired) electrons. The molecule has 0 spiro atoms. The molecule has 6 heteroatoms. The largest absolute Gasteiger partial charge is 0.465 e. The molecular weight excluding hydrogens is 548 g/mol. The van der Waals surface area contributed by atoms with E-state index in [0.717, 1.165) is 59.3 Å². The van der Waals surface area contributed by atoms with E-state index in [9.17, 15) is 14.4 Å². The topological polar surface area (TPSA) is 66.9 Å². The Balaban J connectivity index is 1.38. The Bertz CT molecular complexity index is 1600. The van der Waals surface area contributed by atoms with Gasteiger partial charge in [0.2, 0.25) is 5.91 Å². The van der Waals surface area contributed by atoms with E-state index >= 15 is 0 Å². The molecule has 0 atom stereocenters. The summed E-state index contributed by atoms with van der Waals surface area (Å²) >= 11 is 0. The van der Waals surface area contributed by atoms with E-state index in [1.54, 1.807) is 24.3 Å². The van der Waals surface area contributed by atoms with E-state index in [1.807, 2.05) is 43.3 Å². The summed E-state index contributed by atoms with van der Waals surface area (Å²) in [4.78, 5) is 43.2. The lowest BCUT2D eigenvalue weighted by Crippen LogP contribution is -2.36. The number of hydrogen-bond acceptors (Lipinski definition) is 5. The minimum Gasteiger partial charge on any atom is -0.465 e. The number of esters is 1. The van der Waals surface area contributed by atoms with Crippen molar-refractivity contribution >= 4 is 29.0 Å². The number of hydrogen-bond donors (Lipinski definition) is 0. The number of rotatable bonds is 10. The van der Waals surface area contributed by atoms with Crippen LogP contribution in [0, 0.1) is 5.92 Å². The van der Waals surface area contributed by atoms with Crippen molar-refractivity contribution in [1.82, 2.24) is 0 Å². The zero-order valence-corrected chi connectivity index (χ0v) is 25.8. The van der Waals surface area contributed by atoms with Gasteiger partial charge in [-0.25, -0.2) is 4.79 Å². The fourth-order valence-corrected chi connectivity index (χ4v) is 5.86. The lowest BCUT2D eigenvalue weighted by Gasteiger charge is -2.30. The molecule has 4 aromatic carbocycles. The molecule has 44 heavy (non-hydrogen) atoms. The first kappa shape index (κ1) is 30.7. The molecule has 0 aliphatic heterocycles. The molecule has 1 fully saturated rings. The zero-order valence-electron chi connectivity index (χ0n) is 25.8. The Morgan fingerprint density at radius 1 is 0.705 bits per heavy atom. The number of amides is 1. The van der Waals surface area contributed by atoms with Crippen LogP contribution in [-0.4, -0.2) is 38.9 Å². The van der Waals surface area contributed by atoms with Gasteiger partial charge in [-0.2, -0.15) is 0 Å². The molecule has 4 aromatic rings. The molecule has 1 saturated carbocycles. The Kier molecular flexibility index (Phi) is 9.90. The maximum Gasteiger partial charge on any atom is 0.337 e. The fourth-order valence-electron chi connectivity index (χ4n) is 5.86. The molecule has 1 amide bonds. The number of ketones is 1. The van der Waals surface area contributed by atoms with Gasteiger partial charge in [-0.15, -0.1) is 0 Å². The molecule has 0 bridgehead atoms. The SMILES string of the molecule is COC(=O)c1cccc(CC(=O)c2cccc(N(Cc3ccc(-c4ccc(N(C)C)cc4)cc3)C(=O)C3CCCCC3)c2)c1. The molecule has 0 N–H and O–H groups in total. The molecule has 5 rings (SSSR count). The molecule has 226 valence electrons. The number of methoxy groups -OCH3 is 1. The summed E-state index contributed by atoms with van der Waals surface area (Å²) in [6.07, 6.45) is 5.23. The Labute approximate surface area is 260 Å². The van der Waals surface area contributed by atoms with Gasteiger partial charge in [0.1, 0.15) is 0 Å². The monoisotopic (exact) mass is 588 g/mol. The van der Waals surface area contributed by atoms with Crippen LogP contribution in [0.15, 0.2) is 97.1 Å². The Hall–Kier alpha value is -4.71. The van der Waals surface area contributed by atoms with Gasteiger partial charge < -0.3 is 14.5 Å². The summed E-state index contributed by atoms with van der Waals surface area (Å²) in [5.41, 5.74) is 6.83. The van der Waals surface area contributed by atoms with Crippen molar-refractivity contribution in [3.63, 3.8) is 0 Å². The molecule has 0 aromatic heterocycles. The molecule has 0 saturated heterocycles. The predicted octanol–water partition coefficient (Wildman–Crippen LogP) is 7.75. The highest BCUT2D eigenvalue weighted by atomic mass is 16.5. The highest BCUT2D eigenvalue weighted by Crippen LogP contribution is 2.30. The third kappa shape index (κ3) is 7.43. The van der Waals surface area contributed by atoms with Crippen LogP contribution in [0.1, 0.15) is 63.9 Å². The number of ether oxygens (including phenoxy) is 1. The van der Waals surface area contributed by atoms with Crippen molar-refractivity contribution in [1.29, 1.82) is 0 Å². The number of anilines is 2. The summed E-state index contributed by atoms with van der Waals surface area (Å²) < 4.78 is 4.82. The number of nitrogens with zero attached hydrogens (tertiary/aromatic N) is 2. The summed E-state index contributed by atoms with van der Waals surface area (Å²) in [5, 5.41) is 0. The van der Waals surface area contributed by atoms with Crippen LogP contribution >= 0.6 is 0 Å². The number of carbonyl (C=O) groups excluding carboxylic acids is 3. The van der Waals surface area contributed by atoms with E-state index < -0.39 is 5.97 Å². The first-order valence-electron chi connectivity index (χ1n) is 15.3. The number of benzene rings is 4. The van der Waals surface area contributed by atoms with Crippen LogP contribution in [0.2, 0.25) is 0 Å². The zero-order chi connectivity index (χ0) is 31.1. The second kappa shape index (κ2) is 14.2. The predicted molar refractivity (Wildman–Crippen MR) is 176 cm³/mol. The van der Waals surface area contributed by atoms with Crippen molar-refractivity contribution in [3.05, 3.63) is 119 Å². The smallest absolute Gasteiger partial charge is 0.337 e. The third-order valence-corrected chi connectivity index (χ3v) is 8.42. The second-order valence-corrected chi connectivity index (χ2v) is 11.7. The van der Waals surface area contributed by atoms with Gasteiger partial charge >= 0.3 is 5.97 Å². The van der Waals surface area contributed by atoms with Gasteiger partial charge in [0, 0.05) is 43.4 Å². The van der Waals surface area contributed by atoms with Crippen molar-refractivity contribution < 1.29 is 19.1 Å². The van der Waals surface area contributed by atoms with Gasteiger partial charge in [0.15, 0.2) is 5.78 Å². The highest BCUT2D eigenvalue weighted by Gasteiger charge is 2.27. The number of Topliss-reactive ketones (excluding diaryl/α,β-unsaturated/α-hetero) is 1. The van der Waals surface area contributed by atoms with Crippen molar-refractivity contribution in [2.45, 2.75) is 45.1 Å². The maximum absolute atomic E-state index is 14.0. The lowest BCUT2D eigenvalue weighted by molar-refractivity contribution is -0.123. The lowest BCUT2D eigenvalue weighted by atomic mass is 9.88. The standard InChI is InChI=1S/C38H40N2O4/c1-39(2)34-21-19-30(20-22-34)29-17-15-27(16-18-29)26-40(37(42)31-10-5-4-6-11-31)35-14-8-12-32(25-35)36(41)24-28-9-7-13-33(23-28)38(43)44-3/h7-9,12-23,25,31H,4-6,10-11,24,26H2,1-3H3. The molecular formula is C38H40N2O4. The van der Waals surface area contributed by atoms with Crippen molar-refractivity contribution in [2.24, 2.45) is 5.92 Å². The van der Waals surface area contributed by atoms with Gasteiger partial charge in [0.25, 0.3) is 0 Å². The van der Waals surface area contributed by atoms with Crippen LogP contribution in [0.25, 0.3) is 11.1 Å². The van der Waals surface area contributed by atoms with E-state index in [0.29, 0.717) is 17.7 Å². The summed E-state index contributed by atoms with van der Waals surface area (Å²) in [6.45, 7) is 0.425. The summed E-state index contributed by atoms with van der Waals surface area (Å²) in [7, 11) is 5.40. The molecule has 0 heterocycles.